The topological polar surface area (TPSA) is 107 Å². The highest BCUT2D eigenvalue weighted by Gasteiger charge is 2.34. The lowest BCUT2D eigenvalue weighted by molar-refractivity contribution is -0.137. The number of aliphatic carboxylic acids is 1. The van der Waals surface area contributed by atoms with Gasteiger partial charge in [-0.05, 0) is 43.7 Å². The molecule has 0 spiro atoms. The second-order valence-corrected chi connectivity index (χ2v) is 10.9. The van der Waals surface area contributed by atoms with E-state index in [1.165, 1.54) is 0 Å². The molecule has 2 aliphatic heterocycles. The van der Waals surface area contributed by atoms with Crippen molar-refractivity contribution in [1.29, 1.82) is 0 Å². The molecule has 1 saturated heterocycles. The van der Waals surface area contributed by atoms with Crippen LogP contribution >= 0.6 is 22.2 Å². The number of nitrogens with zero attached hydrogens (tertiary/aromatic N) is 3. The molecule has 2 aliphatic rings. The molecular weight excluding hydrogens is 464 g/mol. The molecule has 1 fully saturated rings. The Morgan fingerprint density at radius 2 is 1.88 bits per heavy atom. The molecule has 7 nitrogen and oxygen atoms in total. The Hall–Kier alpha value is -2.01. The van der Waals surface area contributed by atoms with Gasteiger partial charge in [-0.25, -0.2) is 18.7 Å². The fourth-order valence-corrected chi connectivity index (χ4v) is 6.02. The number of fused-ring (bicyclic) bond motifs is 1. The van der Waals surface area contributed by atoms with Crippen molar-refractivity contribution < 1.29 is 27.8 Å². The second kappa shape index (κ2) is 9.09. The van der Waals surface area contributed by atoms with Crippen LogP contribution in [0, 0.1) is 17.6 Å². The normalized spacial score (nSPS) is 19.1. The smallest absolute Gasteiger partial charge is 0.303 e. The highest BCUT2D eigenvalue weighted by atomic mass is 35.5. The molecule has 3 N–H and O–H groups in total. The van der Waals surface area contributed by atoms with Crippen LogP contribution in [0.1, 0.15) is 43.4 Å². The molecule has 4 rings (SSSR count). The van der Waals surface area contributed by atoms with Crippen molar-refractivity contribution in [3.63, 3.8) is 0 Å². The number of halogens is 3. The zero-order chi connectivity index (χ0) is 23.0. The van der Waals surface area contributed by atoms with Crippen LogP contribution in [-0.4, -0.2) is 43.2 Å². The van der Waals surface area contributed by atoms with E-state index in [9.17, 15) is 22.7 Å². The molecule has 0 radical (unpaired) electrons. The first-order valence-electron chi connectivity index (χ1n) is 10.4. The van der Waals surface area contributed by atoms with E-state index in [2.05, 4.69) is 9.97 Å². The molecule has 174 valence electrons. The van der Waals surface area contributed by atoms with Crippen LogP contribution < -0.4 is 4.90 Å². The molecule has 0 unspecified atom stereocenters. The standard InChI is InChI=1S/C21H24ClF2N3O4S/c22-15-9-16(23)13(8-17(15)24)20-25-18-11-32(30,31)10-14(18)21(26-20)27-6-4-12(5-7-27)2-1-3-19(28)29/h8-9,12,30-31H,1-7,10-11H2,(H,28,29). The van der Waals surface area contributed by atoms with Gasteiger partial charge >= 0.3 is 5.97 Å². The van der Waals surface area contributed by atoms with E-state index in [1.807, 2.05) is 4.90 Å². The summed E-state index contributed by atoms with van der Waals surface area (Å²) in [4.78, 5) is 21.6. The number of hydrogen-bond donors (Lipinski definition) is 3. The number of carbonyl (C=O) groups is 1. The van der Waals surface area contributed by atoms with Gasteiger partial charge in [0.2, 0.25) is 0 Å². The summed E-state index contributed by atoms with van der Waals surface area (Å²) >= 11 is 5.67. The van der Waals surface area contributed by atoms with Gasteiger partial charge in [0.15, 0.2) is 5.82 Å². The maximum Gasteiger partial charge on any atom is 0.303 e. The summed E-state index contributed by atoms with van der Waals surface area (Å²) < 4.78 is 49.1. The molecule has 1 aromatic carbocycles. The van der Waals surface area contributed by atoms with Crippen LogP contribution in [0.3, 0.4) is 0 Å². The number of anilines is 1. The van der Waals surface area contributed by atoms with Gasteiger partial charge in [0.25, 0.3) is 0 Å². The molecule has 0 atom stereocenters. The Bertz CT molecular complexity index is 1050. The summed E-state index contributed by atoms with van der Waals surface area (Å²) in [5.74, 6) is -1.46. The van der Waals surface area contributed by atoms with E-state index < -0.39 is 28.2 Å². The summed E-state index contributed by atoms with van der Waals surface area (Å²) in [6.07, 6.45) is 3.31. The molecule has 0 aliphatic carbocycles. The van der Waals surface area contributed by atoms with E-state index in [0.29, 0.717) is 42.5 Å². The quantitative estimate of drug-likeness (QED) is 0.474. The van der Waals surface area contributed by atoms with E-state index >= 15 is 0 Å². The Morgan fingerprint density at radius 3 is 2.56 bits per heavy atom. The zero-order valence-electron chi connectivity index (χ0n) is 17.2. The zero-order valence-corrected chi connectivity index (χ0v) is 18.8. The average molecular weight is 488 g/mol. The first-order valence-corrected chi connectivity index (χ1v) is 12.6. The molecule has 0 saturated carbocycles. The lowest BCUT2D eigenvalue weighted by atomic mass is 9.91. The van der Waals surface area contributed by atoms with Crippen LogP contribution in [0.2, 0.25) is 5.02 Å². The Morgan fingerprint density at radius 1 is 1.16 bits per heavy atom. The highest BCUT2D eigenvalue weighted by Crippen LogP contribution is 2.54. The summed E-state index contributed by atoms with van der Waals surface area (Å²) in [7, 11) is -2.90. The van der Waals surface area contributed by atoms with Crippen molar-refractivity contribution in [2.75, 3.05) is 18.0 Å². The van der Waals surface area contributed by atoms with Crippen molar-refractivity contribution in [3.8, 4) is 11.4 Å². The molecule has 1 aromatic heterocycles. The highest BCUT2D eigenvalue weighted by molar-refractivity contribution is 8.23. The summed E-state index contributed by atoms with van der Waals surface area (Å²) in [6.45, 7) is 1.30. The molecule has 32 heavy (non-hydrogen) atoms. The SMILES string of the molecule is O=C(O)CCCC1CCN(c2nc(-c3cc(F)c(Cl)cc3F)nc3c2CS(O)(O)C3)CC1. The fourth-order valence-electron chi connectivity index (χ4n) is 4.34. The number of rotatable bonds is 6. The van der Waals surface area contributed by atoms with Crippen molar-refractivity contribution in [3.05, 3.63) is 40.0 Å². The first kappa shape index (κ1) is 23.2. The number of benzene rings is 1. The molecule has 2 aromatic rings. The Labute approximate surface area is 190 Å². The van der Waals surface area contributed by atoms with Crippen LogP contribution in [-0.2, 0) is 16.3 Å². The average Bonchev–Trinajstić information content (AvgIpc) is 3.04. The van der Waals surface area contributed by atoms with Gasteiger partial charge in [0.1, 0.15) is 17.5 Å². The van der Waals surface area contributed by atoms with E-state index in [4.69, 9.17) is 16.7 Å². The third-order valence-electron chi connectivity index (χ3n) is 5.98. The molecular formula is C21H24ClF2N3O4S. The molecule has 0 bridgehead atoms. The van der Waals surface area contributed by atoms with Crippen molar-refractivity contribution in [2.24, 2.45) is 5.92 Å². The van der Waals surface area contributed by atoms with Gasteiger partial charge in [-0.2, -0.15) is 10.6 Å². The maximum absolute atomic E-state index is 14.5. The largest absolute Gasteiger partial charge is 0.481 e. The van der Waals surface area contributed by atoms with Gasteiger partial charge in [0.05, 0.1) is 27.8 Å². The third-order valence-corrected chi connectivity index (χ3v) is 7.76. The van der Waals surface area contributed by atoms with Crippen LogP contribution in [0.15, 0.2) is 12.1 Å². The Balaban J connectivity index is 1.62. The number of hydrogen-bond acceptors (Lipinski definition) is 6. The minimum atomic E-state index is -2.90. The second-order valence-electron chi connectivity index (χ2n) is 8.35. The van der Waals surface area contributed by atoms with Crippen molar-refractivity contribution in [1.82, 2.24) is 9.97 Å². The third kappa shape index (κ3) is 4.98. The minimum Gasteiger partial charge on any atom is -0.481 e. The van der Waals surface area contributed by atoms with Crippen LogP contribution in [0.5, 0.6) is 0 Å². The monoisotopic (exact) mass is 487 g/mol. The van der Waals surface area contributed by atoms with Gasteiger partial charge in [0, 0.05) is 25.1 Å². The van der Waals surface area contributed by atoms with E-state index in [0.717, 1.165) is 31.4 Å². The summed E-state index contributed by atoms with van der Waals surface area (Å²) in [5, 5.41) is 8.48. The maximum atomic E-state index is 14.5. The van der Waals surface area contributed by atoms with E-state index in [1.54, 1.807) is 0 Å². The van der Waals surface area contributed by atoms with Crippen molar-refractivity contribution >= 4 is 34.0 Å². The summed E-state index contributed by atoms with van der Waals surface area (Å²) in [6, 6.07) is 1.82. The van der Waals surface area contributed by atoms with Crippen molar-refractivity contribution in [2.45, 2.75) is 43.6 Å². The number of carboxylic acid groups (broad SMARTS) is 1. The first-order chi connectivity index (χ1) is 15.1. The lowest BCUT2D eigenvalue weighted by Gasteiger charge is -2.34. The lowest BCUT2D eigenvalue weighted by Crippen LogP contribution is -2.35. The number of piperidine rings is 1. The van der Waals surface area contributed by atoms with Crippen LogP contribution in [0.4, 0.5) is 14.6 Å². The Kier molecular flexibility index (Phi) is 6.58. The minimum absolute atomic E-state index is 0.0208. The number of carboxylic acids is 1. The van der Waals surface area contributed by atoms with E-state index in [-0.39, 0.29) is 34.3 Å². The molecule has 3 heterocycles. The summed E-state index contributed by atoms with van der Waals surface area (Å²) in [5.41, 5.74) is 0.930. The van der Waals surface area contributed by atoms with Crippen LogP contribution in [0.25, 0.3) is 11.4 Å². The van der Waals surface area contributed by atoms with Gasteiger partial charge in [-0.15, -0.1) is 0 Å². The fraction of sp³-hybridized carbons (Fsp3) is 0.476. The molecule has 11 heteroatoms. The van der Waals surface area contributed by atoms with Gasteiger partial charge in [-0.3, -0.25) is 13.9 Å². The number of aromatic nitrogens is 2. The predicted molar refractivity (Wildman–Crippen MR) is 119 cm³/mol. The van der Waals surface area contributed by atoms with Gasteiger partial charge in [-0.1, -0.05) is 11.6 Å². The molecule has 0 amide bonds. The van der Waals surface area contributed by atoms with Gasteiger partial charge < -0.3 is 10.0 Å². The predicted octanol–water partition coefficient (Wildman–Crippen LogP) is 5.31.